The van der Waals surface area contributed by atoms with Crippen LogP contribution in [0.5, 0.6) is 0 Å². The smallest absolute Gasteiger partial charge is 0.241 e. The SMILES string of the molecule is CC(C)(NS(C)(=O)=O)C(=O)N[C@H]1CCCc2occc21. The van der Waals surface area contributed by atoms with Gasteiger partial charge in [0.05, 0.1) is 18.6 Å². The lowest BCUT2D eigenvalue weighted by Crippen LogP contribution is -2.55. The molecule has 0 saturated carbocycles. The maximum absolute atomic E-state index is 12.3. The third-order valence-corrected chi connectivity index (χ3v) is 4.25. The molecule has 1 amide bonds. The van der Waals surface area contributed by atoms with E-state index < -0.39 is 15.6 Å². The summed E-state index contributed by atoms with van der Waals surface area (Å²) in [6.45, 7) is 3.09. The van der Waals surface area contributed by atoms with Crippen molar-refractivity contribution >= 4 is 15.9 Å². The highest BCUT2D eigenvalue weighted by Gasteiger charge is 2.33. The number of hydrogen-bond donors (Lipinski definition) is 2. The van der Waals surface area contributed by atoms with Crippen LogP contribution < -0.4 is 10.0 Å². The van der Waals surface area contributed by atoms with E-state index in [0.717, 1.165) is 36.8 Å². The Labute approximate surface area is 119 Å². The summed E-state index contributed by atoms with van der Waals surface area (Å²) >= 11 is 0. The third kappa shape index (κ3) is 3.40. The second-order valence-electron chi connectivity index (χ2n) is 5.72. The van der Waals surface area contributed by atoms with Gasteiger partial charge in [-0.3, -0.25) is 4.79 Å². The van der Waals surface area contributed by atoms with Crippen molar-refractivity contribution in [1.82, 2.24) is 10.0 Å². The lowest BCUT2D eigenvalue weighted by Gasteiger charge is -2.29. The highest BCUT2D eigenvalue weighted by molar-refractivity contribution is 7.88. The van der Waals surface area contributed by atoms with Gasteiger partial charge in [-0.15, -0.1) is 0 Å². The zero-order chi connectivity index (χ0) is 15.0. The number of rotatable bonds is 4. The van der Waals surface area contributed by atoms with Gasteiger partial charge in [-0.1, -0.05) is 0 Å². The number of fused-ring (bicyclic) bond motifs is 1. The molecule has 0 radical (unpaired) electrons. The van der Waals surface area contributed by atoms with E-state index >= 15 is 0 Å². The van der Waals surface area contributed by atoms with Gasteiger partial charge < -0.3 is 9.73 Å². The minimum absolute atomic E-state index is 0.120. The summed E-state index contributed by atoms with van der Waals surface area (Å²) in [5.74, 6) is 0.553. The van der Waals surface area contributed by atoms with E-state index in [1.165, 1.54) is 0 Å². The first-order valence-electron chi connectivity index (χ1n) is 6.55. The van der Waals surface area contributed by atoms with Gasteiger partial charge in [-0.25, -0.2) is 13.1 Å². The molecule has 1 heterocycles. The first kappa shape index (κ1) is 15.1. The number of amides is 1. The molecule has 1 aromatic heterocycles. The minimum Gasteiger partial charge on any atom is -0.469 e. The lowest BCUT2D eigenvalue weighted by molar-refractivity contribution is -0.126. The summed E-state index contributed by atoms with van der Waals surface area (Å²) in [6, 6.07) is 1.74. The zero-order valence-electron chi connectivity index (χ0n) is 11.9. The van der Waals surface area contributed by atoms with E-state index in [9.17, 15) is 13.2 Å². The van der Waals surface area contributed by atoms with Crippen LogP contribution in [0.2, 0.25) is 0 Å². The van der Waals surface area contributed by atoms with Crippen molar-refractivity contribution in [2.45, 2.75) is 44.7 Å². The number of hydrogen-bond acceptors (Lipinski definition) is 4. The normalized spacial score (nSPS) is 19.4. The second kappa shape index (κ2) is 5.21. The van der Waals surface area contributed by atoms with E-state index in [1.807, 2.05) is 6.07 Å². The van der Waals surface area contributed by atoms with Crippen LogP contribution >= 0.6 is 0 Å². The predicted octanol–water partition coefficient (Wildman–Crippen LogP) is 1.10. The average molecular weight is 300 g/mol. The topological polar surface area (TPSA) is 88.4 Å². The predicted molar refractivity (Wildman–Crippen MR) is 74.6 cm³/mol. The number of aryl methyl sites for hydroxylation is 1. The molecule has 20 heavy (non-hydrogen) atoms. The molecule has 0 bridgehead atoms. The van der Waals surface area contributed by atoms with Crippen LogP contribution in [0.3, 0.4) is 0 Å². The average Bonchev–Trinajstić information content (AvgIpc) is 2.74. The van der Waals surface area contributed by atoms with Crippen LogP contribution in [-0.4, -0.2) is 26.1 Å². The quantitative estimate of drug-likeness (QED) is 0.871. The fourth-order valence-electron chi connectivity index (χ4n) is 2.48. The number of carbonyl (C=O) groups is 1. The lowest BCUT2D eigenvalue weighted by atomic mass is 9.92. The van der Waals surface area contributed by atoms with Gasteiger partial charge in [0.1, 0.15) is 11.3 Å². The Balaban J connectivity index is 2.10. The van der Waals surface area contributed by atoms with Gasteiger partial charge in [0, 0.05) is 12.0 Å². The highest BCUT2D eigenvalue weighted by Crippen LogP contribution is 2.30. The zero-order valence-corrected chi connectivity index (χ0v) is 12.7. The van der Waals surface area contributed by atoms with Crippen LogP contribution in [0.4, 0.5) is 0 Å². The summed E-state index contributed by atoms with van der Waals surface area (Å²) in [7, 11) is -3.45. The fraction of sp³-hybridized carbons (Fsp3) is 0.615. The Morgan fingerprint density at radius 3 is 2.80 bits per heavy atom. The Kier molecular flexibility index (Phi) is 3.93. The molecule has 0 saturated heterocycles. The molecule has 0 spiro atoms. The molecule has 1 aromatic rings. The van der Waals surface area contributed by atoms with Crippen molar-refractivity contribution < 1.29 is 17.6 Å². The Morgan fingerprint density at radius 1 is 1.45 bits per heavy atom. The first-order chi connectivity index (χ1) is 9.19. The fourth-order valence-corrected chi connectivity index (χ4v) is 3.50. The van der Waals surface area contributed by atoms with Gasteiger partial charge in [0.15, 0.2) is 0 Å². The molecular weight excluding hydrogens is 280 g/mol. The molecule has 0 fully saturated rings. The van der Waals surface area contributed by atoms with Crippen LogP contribution in [0, 0.1) is 0 Å². The minimum atomic E-state index is -3.45. The van der Waals surface area contributed by atoms with E-state index in [4.69, 9.17) is 4.42 Å². The van der Waals surface area contributed by atoms with Gasteiger partial charge in [-0.2, -0.15) is 0 Å². The summed E-state index contributed by atoms with van der Waals surface area (Å²) in [6.07, 6.45) is 5.30. The van der Waals surface area contributed by atoms with Gasteiger partial charge in [-0.05, 0) is 32.8 Å². The molecule has 0 aliphatic heterocycles. The number of furan rings is 1. The maximum atomic E-state index is 12.3. The van der Waals surface area contributed by atoms with Crippen molar-refractivity contribution in [3.8, 4) is 0 Å². The van der Waals surface area contributed by atoms with Gasteiger partial charge in [0.25, 0.3) is 0 Å². The molecule has 1 aliphatic carbocycles. The molecule has 6 nitrogen and oxygen atoms in total. The number of carbonyl (C=O) groups excluding carboxylic acids is 1. The van der Waals surface area contributed by atoms with Crippen molar-refractivity contribution in [2.24, 2.45) is 0 Å². The molecule has 1 atom stereocenters. The van der Waals surface area contributed by atoms with E-state index in [1.54, 1.807) is 20.1 Å². The molecule has 7 heteroatoms. The van der Waals surface area contributed by atoms with E-state index in [-0.39, 0.29) is 11.9 Å². The van der Waals surface area contributed by atoms with Crippen molar-refractivity contribution in [3.05, 3.63) is 23.7 Å². The Bertz CT molecular complexity index is 604. The van der Waals surface area contributed by atoms with Crippen molar-refractivity contribution in [1.29, 1.82) is 0 Å². The summed E-state index contributed by atoms with van der Waals surface area (Å²) in [5, 5.41) is 2.90. The molecule has 2 N–H and O–H groups in total. The molecule has 112 valence electrons. The third-order valence-electron chi connectivity index (χ3n) is 3.37. The molecule has 0 unspecified atom stereocenters. The molecule has 0 aromatic carbocycles. The van der Waals surface area contributed by atoms with Crippen LogP contribution in [-0.2, 0) is 21.2 Å². The maximum Gasteiger partial charge on any atom is 0.241 e. The van der Waals surface area contributed by atoms with Gasteiger partial charge >= 0.3 is 0 Å². The summed E-state index contributed by atoms with van der Waals surface area (Å²) in [4.78, 5) is 12.3. The van der Waals surface area contributed by atoms with Crippen LogP contribution in [0.1, 0.15) is 44.1 Å². The molecule has 2 rings (SSSR count). The van der Waals surface area contributed by atoms with Crippen LogP contribution in [0.15, 0.2) is 16.7 Å². The summed E-state index contributed by atoms with van der Waals surface area (Å²) in [5.41, 5.74) is -0.200. The Morgan fingerprint density at radius 2 is 2.15 bits per heavy atom. The van der Waals surface area contributed by atoms with Crippen molar-refractivity contribution in [2.75, 3.05) is 6.26 Å². The summed E-state index contributed by atoms with van der Waals surface area (Å²) < 4.78 is 30.3. The standard InChI is InChI=1S/C13H20N2O4S/c1-13(2,15-20(3,17)18)12(16)14-10-5-4-6-11-9(10)7-8-19-11/h7-8,10,15H,4-6H2,1-3H3,(H,14,16)/t10-/m0/s1. The largest absolute Gasteiger partial charge is 0.469 e. The van der Waals surface area contributed by atoms with E-state index in [2.05, 4.69) is 10.0 Å². The monoisotopic (exact) mass is 300 g/mol. The second-order valence-corrected chi connectivity index (χ2v) is 7.47. The first-order valence-corrected chi connectivity index (χ1v) is 8.44. The van der Waals surface area contributed by atoms with Gasteiger partial charge in [0.2, 0.25) is 15.9 Å². The highest BCUT2D eigenvalue weighted by atomic mass is 32.2. The number of sulfonamides is 1. The van der Waals surface area contributed by atoms with Crippen molar-refractivity contribution in [3.63, 3.8) is 0 Å². The molecule has 1 aliphatic rings. The Hall–Kier alpha value is -1.34. The van der Waals surface area contributed by atoms with E-state index in [0.29, 0.717) is 0 Å². The molecular formula is C13H20N2O4S. The van der Waals surface area contributed by atoms with Crippen LogP contribution in [0.25, 0.3) is 0 Å². The number of nitrogens with one attached hydrogen (secondary N) is 2.